The zero-order chi connectivity index (χ0) is 22.7. The van der Waals surface area contributed by atoms with Gasteiger partial charge in [0.2, 0.25) is 29.5 Å². The summed E-state index contributed by atoms with van der Waals surface area (Å²) < 4.78 is 0. The second-order valence-corrected chi connectivity index (χ2v) is 6.90. The van der Waals surface area contributed by atoms with Gasteiger partial charge in [-0.25, -0.2) is 4.79 Å². The van der Waals surface area contributed by atoms with Gasteiger partial charge in [-0.05, 0) is 32.2 Å². The molecule has 0 aromatic heterocycles. The topological polar surface area (TPSA) is 223 Å². The fraction of sp³-hybridized carbons (Fsp3) is 0.647. The van der Waals surface area contributed by atoms with Crippen molar-refractivity contribution in [2.24, 2.45) is 11.5 Å². The number of hydrogen-bond donors (Lipinski definition) is 7. The summed E-state index contributed by atoms with van der Waals surface area (Å²) in [7, 11) is 0. The molecular formula is C17H28N6O7. The lowest BCUT2D eigenvalue weighted by molar-refractivity contribution is -0.142. The molecule has 1 aliphatic rings. The molecule has 0 aromatic rings. The Labute approximate surface area is 172 Å². The Bertz CT molecular complexity index is 678. The summed E-state index contributed by atoms with van der Waals surface area (Å²) in [5.74, 6) is -4.76. The Kier molecular flexibility index (Phi) is 10.2. The van der Waals surface area contributed by atoms with E-state index >= 15 is 0 Å². The van der Waals surface area contributed by atoms with E-state index in [0.717, 1.165) is 6.42 Å². The van der Waals surface area contributed by atoms with Crippen molar-refractivity contribution in [1.29, 1.82) is 0 Å². The summed E-state index contributed by atoms with van der Waals surface area (Å²) in [5.41, 5.74) is 10.1. The highest BCUT2D eigenvalue weighted by Crippen LogP contribution is 2.05. The number of nitrogens with two attached hydrogens (primary N) is 2. The molecule has 3 atom stereocenters. The summed E-state index contributed by atoms with van der Waals surface area (Å²) in [6, 6.07) is -3.05. The molecule has 13 nitrogen and oxygen atoms in total. The molecule has 1 fully saturated rings. The van der Waals surface area contributed by atoms with Crippen LogP contribution in [0.15, 0.2) is 0 Å². The summed E-state index contributed by atoms with van der Waals surface area (Å²) >= 11 is 0. The normalized spacial score (nSPS) is 17.4. The van der Waals surface area contributed by atoms with Crippen molar-refractivity contribution in [3.05, 3.63) is 0 Å². The molecule has 168 valence electrons. The summed E-state index contributed by atoms with van der Waals surface area (Å²) in [6.07, 6.45) is 0.580. The minimum Gasteiger partial charge on any atom is -0.480 e. The number of nitrogens with one attached hydrogen (secondary N) is 4. The predicted octanol–water partition coefficient (Wildman–Crippen LogP) is -3.56. The number of primary amides is 2. The largest absolute Gasteiger partial charge is 0.480 e. The van der Waals surface area contributed by atoms with Crippen LogP contribution >= 0.6 is 0 Å². The van der Waals surface area contributed by atoms with Gasteiger partial charge >= 0.3 is 5.97 Å². The molecule has 13 heteroatoms. The Morgan fingerprint density at radius 1 is 0.967 bits per heavy atom. The second kappa shape index (κ2) is 12.4. The molecule has 0 radical (unpaired) electrons. The first kappa shape index (κ1) is 24.8. The molecule has 1 aliphatic heterocycles. The molecule has 1 rings (SSSR count). The molecule has 0 spiro atoms. The van der Waals surface area contributed by atoms with Gasteiger partial charge in [-0.1, -0.05) is 0 Å². The third kappa shape index (κ3) is 9.32. The van der Waals surface area contributed by atoms with Gasteiger partial charge < -0.3 is 37.8 Å². The molecule has 0 saturated carbocycles. The first-order valence-corrected chi connectivity index (χ1v) is 9.50. The molecule has 9 N–H and O–H groups in total. The van der Waals surface area contributed by atoms with Crippen molar-refractivity contribution >= 4 is 35.5 Å². The molecule has 30 heavy (non-hydrogen) atoms. The maximum absolute atomic E-state index is 12.4. The van der Waals surface area contributed by atoms with E-state index in [9.17, 15) is 33.9 Å². The van der Waals surface area contributed by atoms with Gasteiger partial charge in [-0.15, -0.1) is 0 Å². The first-order chi connectivity index (χ1) is 14.1. The van der Waals surface area contributed by atoms with E-state index in [0.29, 0.717) is 13.0 Å². The fourth-order valence-electron chi connectivity index (χ4n) is 2.82. The minimum absolute atomic E-state index is 0.173. The van der Waals surface area contributed by atoms with E-state index in [4.69, 9.17) is 11.5 Å². The number of hydrogen-bond acceptors (Lipinski definition) is 7. The average molecular weight is 428 g/mol. The van der Waals surface area contributed by atoms with Crippen LogP contribution in [-0.2, 0) is 28.8 Å². The minimum atomic E-state index is -1.41. The highest BCUT2D eigenvalue weighted by Gasteiger charge is 2.28. The molecule has 1 heterocycles. The number of rotatable bonds is 13. The van der Waals surface area contributed by atoms with Crippen LogP contribution in [-0.4, -0.2) is 71.8 Å². The molecular weight excluding hydrogens is 400 g/mol. The SMILES string of the molecule is NC(=O)CCC(NC(=O)C(CCC(N)=O)NC(=O)CNC(=O)C1CCCN1)C(=O)O. The number of carboxylic acids is 1. The number of amides is 5. The van der Waals surface area contributed by atoms with Crippen LogP contribution < -0.4 is 32.7 Å². The summed E-state index contributed by atoms with van der Waals surface area (Å²) in [5, 5.41) is 19.2. The Morgan fingerprint density at radius 3 is 2.07 bits per heavy atom. The van der Waals surface area contributed by atoms with Crippen molar-refractivity contribution in [3.63, 3.8) is 0 Å². The second-order valence-electron chi connectivity index (χ2n) is 6.90. The third-order valence-corrected chi connectivity index (χ3v) is 4.43. The van der Waals surface area contributed by atoms with Gasteiger partial charge in [-0.2, -0.15) is 0 Å². The smallest absolute Gasteiger partial charge is 0.326 e. The predicted molar refractivity (Wildman–Crippen MR) is 102 cm³/mol. The van der Waals surface area contributed by atoms with Crippen LogP contribution in [0.3, 0.4) is 0 Å². The van der Waals surface area contributed by atoms with Crippen molar-refractivity contribution in [3.8, 4) is 0 Å². The highest BCUT2D eigenvalue weighted by molar-refractivity contribution is 5.93. The lowest BCUT2D eigenvalue weighted by atomic mass is 10.1. The zero-order valence-electron chi connectivity index (χ0n) is 16.4. The lowest BCUT2D eigenvalue weighted by Gasteiger charge is -2.21. The quantitative estimate of drug-likeness (QED) is 0.155. The maximum Gasteiger partial charge on any atom is 0.326 e. The zero-order valence-corrected chi connectivity index (χ0v) is 16.4. The molecule has 0 aromatic carbocycles. The van der Waals surface area contributed by atoms with Crippen molar-refractivity contribution in [1.82, 2.24) is 21.3 Å². The van der Waals surface area contributed by atoms with Crippen molar-refractivity contribution in [2.75, 3.05) is 13.1 Å². The van der Waals surface area contributed by atoms with E-state index in [-0.39, 0.29) is 37.6 Å². The fourth-order valence-corrected chi connectivity index (χ4v) is 2.82. The van der Waals surface area contributed by atoms with Gasteiger partial charge in [0.05, 0.1) is 12.6 Å². The Morgan fingerprint density at radius 2 is 1.57 bits per heavy atom. The Balaban J connectivity index is 2.66. The van der Waals surface area contributed by atoms with Gasteiger partial charge in [-0.3, -0.25) is 24.0 Å². The maximum atomic E-state index is 12.4. The van der Waals surface area contributed by atoms with E-state index in [1.165, 1.54) is 0 Å². The number of aliphatic carboxylic acids is 1. The first-order valence-electron chi connectivity index (χ1n) is 9.50. The summed E-state index contributed by atoms with van der Waals surface area (Å²) in [6.45, 7) is 0.307. The lowest BCUT2D eigenvalue weighted by Crippen LogP contribution is -2.54. The van der Waals surface area contributed by atoms with Crippen LogP contribution in [0, 0.1) is 0 Å². The molecule has 0 bridgehead atoms. The molecule has 3 unspecified atom stereocenters. The van der Waals surface area contributed by atoms with E-state index in [1.807, 2.05) is 0 Å². The van der Waals surface area contributed by atoms with E-state index in [1.54, 1.807) is 0 Å². The van der Waals surface area contributed by atoms with Crippen molar-refractivity contribution < 1.29 is 33.9 Å². The van der Waals surface area contributed by atoms with Crippen LogP contribution in [0.25, 0.3) is 0 Å². The van der Waals surface area contributed by atoms with Crippen LogP contribution in [0.4, 0.5) is 0 Å². The van der Waals surface area contributed by atoms with E-state index in [2.05, 4.69) is 21.3 Å². The van der Waals surface area contributed by atoms with Crippen LogP contribution in [0.2, 0.25) is 0 Å². The monoisotopic (exact) mass is 428 g/mol. The van der Waals surface area contributed by atoms with E-state index < -0.39 is 48.2 Å². The third-order valence-electron chi connectivity index (χ3n) is 4.43. The molecule has 1 saturated heterocycles. The van der Waals surface area contributed by atoms with Crippen LogP contribution in [0.5, 0.6) is 0 Å². The average Bonchev–Trinajstić information content (AvgIpc) is 3.20. The number of carboxylic acid groups (broad SMARTS) is 1. The Hall–Kier alpha value is -3.22. The van der Waals surface area contributed by atoms with Gasteiger partial charge in [0.25, 0.3) is 0 Å². The number of carbonyl (C=O) groups excluding carboxylic acids is 5. The molecule has 5 amide bonds. The molecule has 0 aliphatic carbocycles. The van der Waals surface area contributed by atoms with Gasteiger partial charge in [0.1, 0.15) is 12.1 Å². The number of carbonyl (C=O) groups is 6. The standard InChI is InChI=1S/C17H28N6O7/c18-12(24)5-3-10(16(28)23-11(17(29)30)4-6-13(19)25)22-14(26)8-21-15(27)9-2-1-7-20-9/h9-11,20H,1-8H2,(H2,18,24)(H2,19,25)(H,21,27)(H,22,26)(H,23,28)(H,29,30). The van der Waals surface area contributed by atoms with Crippen molar-refractivity contribution in [2.45, 2.75) is 56.7 Å². The van der Waals surface area contributed by atoms with Gasteiger partial charge in [0.15, 0.2) is 0 Å². The summed E-state index contributed by atoms with van der Waals surface area (Å²) in [4.78, 5) is 69.7. The van der Waals surface area contributed by atoms with Crippen LogP contribution in [0.1, 0.15) is 38.5 Å². The highest BCUT2D eigenvalue weighted by atomic mass is 16.4. The van der Waals surface area contributed by atoms with Gasteiger partial charge in [0, 0.05) is 12.8 Å².